The van der Waals surface area contributed by atoms with Gasteiger partial charge in [-0.2, -0.15) is 0 Å². The van der Waals surface area contributed by atoms with E-state index in [2.05, 4.69) is 34.0 Å². The molecule has 0 bridgehead atoms. The molecule has 5 nitrogen and oxygen atoms in total. The summed E-state index contributed by atoms with van der Waals surface area (Å²) in [5.41, 5.74) is 11.8. The van der Waals surface area contributed by atoms with Gasteiger partial charge < -0.3 is 5.73 Å². The zero-order valence-corrected chi connectivity index (χ0v) is 16.2. The Bertz CT molecular complexity index is 1150. The molecule has 5 heteroatoms. The highest BCUT2D eigenvalue weighted by atomic mass is 16.1. The van der Waals surface area contributed by atoms with Crippen LogP contribution in [0.4, 0.5) is 0 Å². The Morgan fingerprint density at radius 3 is 2.34 bits per heavy atom. The number of hydrogen-bond acceptors (Lipinski definition) is 4. The molecule has 4 rings (SSSR count). The van der Waals surface area contributed by atoms with Crippen molar-refractivity contribution >= 4 is 16.9 Å². The maximum Gasteiger partial charge on any atom is 0.249 e. The predicted molar refractivity (Wildman–Crippen MR) is 115 cm³/mol. The van der Waals surface area contributed by atoms with Crippen molar-refractivity contribution in [1.82, 2.24) is 14.9 Å². The van der Waals surface area contributed by atoms with Gasteiger partial charge in [-0.25, -0.2) is 4.98 Å². The average Bonchev–Trinajstić information content (AvgIpc) is 2.74. The fourth-order valence-corrected chi connectivity index (χ4v) is 3.46. The van der Waals surface area contributed by atoms with Gasteiger partial charge in [0.05, 0.1) is 22.9 Å². The molecular weight excluding hydrogens is 360 g/mol. The van der Waals surface area contributed by atoms with Crippen LogP contribution >= 0.6 is 0 Å². The molecule has 0 fully saturated rings. The summed E-state index contributed by atoms with van der Waals surface area (Å²) in [6.45, 7) is 1.50. The average molecular weight is 382 g/mol. The number of para-hydroxylation sites is 2. The predicted octanol–water partition coefficient (Wildman–Crippen LogP) is 4.03. The van der Waals surface area contributed by atoms with Crippen LogP contribution in [-0.2, 0) is 13.1 Å². The molecule has 0 aliphatic carbocycles. The number of benzene rings is 3. The van der Waals surface area contributed by atoms with E-state index in [0.29, 0.717) is 12.1 Å². The van der Waals surface area contributed by atoms with E-state index in [4.69, 9.17) is 5.73 Å². The highest BCUT2D eigenvalue weighted by molar-refractivity contribution is 5.99. The molecular formula is C24H22N4O. The summed E-state index contributed by atoms with van der Waals surface area (Å²) in [5, 5.41) is 0. The molecule has 0 aliphatic rings. The molecule has 1 amide bonds. The Labute approximate surface area is 169 Å². The van der Waals surface area contributed by atoms with Gasteiger partial charge in [0.25, 0.3) is 0 Å². The lowest BCUT2D eigenvalue weighted by atomic mass is 9.98. The quantitative estimate of drug-likeness (QED) is 0.546. The van der Waals surface area contributed by atoms with E-state index in [1.165, 1.54) is 5.56 Å². The number of amides is 1. The van der Waals surface area contributed by atoms with E-state index in [0.717, 1.165) is 34.4 Å². The van der Waals surface area contributed by atoms with Gasteiger partial charge in [0.1, 0.15) is 0 Å². The first kappa shape index (κ1) is 18.8. The second kappa shape index (κ2) is 8.20. The molecule has 0 atom stereocenters. The Morgan fingerprint density at radius 1 is 0.897 bits per heavy atom. The highest BCUT2D eigenvalue weighted by Crippen LogP contribution is 2.24. The maximum atomic E-state index is 11.7. The minimum atomic E-state index is -0.416. The minimum Gasteiger partial charge on any atom is -0.366 e. The van der Waals surface area contributed by atoms with Crippen LogP contribution in [0.3, 0.4) is 0 Å². The largest absolute Gasteiger partial charge is 0.366 e. The van der Waals surface area contributed by atoms with Crippen LogP contribution in [0.2, 0.25) is 0 Å². The van der Waals surface area contributed by atoms with Gasteiger partial charge in [-0.15, -0.1) is 0 Å². The summed E-state index contributed by atoms with van der Waals surface area (Å²) < 4.78 is 0. The zero-order valence-electron chi connectivity index (χ0n) is 16.2. The number of nitrogens with two attached hydrogens (primary N) is 1. The molecule has 4 aromatic rings. The van der Waals surface area contributed by atoms with Crippen LogP contribution < -0.4 is 5.73 Å². The van der Waals surface area contributed by atoms with Crippen molar-refractivity contribution in [3.05, 3.63) is 95.8 Å². The Morgan fingerprint density at radius 2 is 1.59 bits per heavy atom. The van der Waals surface area contributed by atoms with Crippen molar-refractivity contribution in [3.63, 3.8) is 0 Å². The van der Waals surface area contributed by atoms with Crippen LogP contribution in [0.5, 0.6) is 0 Å². The molecule has 29 heavy (non-hydrogen) atoms. The first-order valence-corrected chi connectivity index (χ1v) is 9.47. The van der Waals surface area contributed by atoms with Gasteiger partial charge in [-0.3, -0.25) is 14.7 Å². The molecule has 1 aromatic heterocycles. The van der Waals surface area contributed by atoms with Crippen molar-refractivity contribution in [1.29, 1.82) is 0 Å². The number of aromatic nitrogens is 2. The molecule has 0 saturated heterocycles. The maximum absolute atomic E-state index is 11.7. The monoisotopic (exact) mass is 382 g/mol. The summed E-state index contributed by atoms with van der Waals surface area (Å²) in [6, 6.07) is 23.5. The number of carbonyl (C=O) groups excluding carboxylic acids is 1. The number of primary amides is 1. The lowest BCUT2D eigenvalue weighted by molar-refractivity contribution is 0.100. The first-order chi connectivity index (χ1) is 14.1. The summed E-state index contributed by atoms with van der Waals surface area (Å²) >= 11 is 0. The van der Waals surface area contributed by atoms with E-state index in [-0.39, 0.29) is 0 Å². The van der Waals surface area contributed by atoms with Crippen LogP contribution in [0.1, 0.15) is 21.6 Å². The van der Waals surface area contributed by atoms with Crippen molar-refractivity contribution in [2.75, 3.05) is 7.05 Å². The van der Waals surface area contributed by atoms with Crippen LogP contribution in [0.15, 0.2) is 79.0 Å². The minimum absolute atomic E-state index is 0.416. The summed E-state index contributed by atoms with van der Waals surface area (Å²) in [6.07, 6.45) is 1.84. The lowest BCUT2D eigenvalue weighted by Gasteiger charge is -2.17. The Kier molecular flexibility index (Phi) is 5.31. The van der Waals surface area contributed by atoms with Gasteiger partial charge in [-0.05, 0) is 41.9 Å². The third-order valence-electron chi connectivity index (χ3n) is 4.84. The van der Waals surface area contributed by atoms with Crippen molar-refractivity contribution in [3.8, 4) is 11.1 Å². The van der Waals surface area contributed by atoms with Gasteiger partial charge in [0.15, 0.2) is 0 Å². The Hall–Kier alpha value is -3.57. The van der Waals surface area contributed by atoms with E-state index < -0.39 is 5.91 Å². The fraction of sp³-hybridized carbons (Fsp3) is 0.125. The van der Waals surface area contributed by atoms with E-state index in [9.17, 15) is 4.79 Å². The number of carbonyl (C=O) groups is 1. The second-order valence-electron chi connectivity index (χ2n) is 7.13. The van der Waals surface area contributed by atoms with Gasteiger partial charge in [0, 0.05) is 18.7 Å². The van der Waals surface area contributed by atoms with Crippen molar-refractivity contribution in [2.45, 2.75) is 13.1 Å². The summed E-state index contributed by atoms with van der Waals surface area (Å²) in [7, 11) is 2.06. The lowest BCUT2D eigenvalue weighted by Crippen LogP contribution is -2.18. The van der Waals surface area contributed by atoms with Crippen molar-refractivity contribution < 1.29 is 4.79 Å². The van der Waals surface area contributed by atoms with Crippen LogP contribution in [0.25, 0.3) is 22.2 Å². The Balaban J connectivity index is 1.46. The molecule has 0 aliphatic heterocycles. The van der Waals surface area contributed by atoms with Gasteiger partial charge in [-0.1, -0.05) is 54.6 Å². The number of hydrogen-bond donors (Lipinski definition) is 1. The highest BCUT2D eigenvalue weighted by Gasteiger charge is 2.10. The van der Waals surface area contributed by atoms with Crippen LogP contribution in [-0.4, -0.2) is 27.8 Å². The van der Waals surface area contributed by atoms with Gasteiger partial charge >= 0.3 is 0 Å². The molecule has 144 valence electrons. The van der Waals surface area contributed by atoms with Crippen LogP contribution in [0, 0.1) is 0 Å². The third-order valence-corrected chi connectivity index (χ3v) is 4.84. The first-order valence-electron chi connectivity index (χ1n) is 9.47. The number of nitrogens with zero attached hydrogens (tertiary/aromatic N) is 3. The molecule has 2 N–H and O–H groups in total. The third kappa shape index (κ3) is 4.31. The van der Waals surface area contributed by atoms with E-state index >= 15 is 0 Å². The smallest absolute Gasteiger partial charge is 0.249 e. The normalized spacial score (nSPS) is 11.1. The van der Waals surface area contributed by atoms with E-state index in [1.54, 1.807) is 6.07 Å². The molecule has 0 spiro atoms. The number of fused-ring (bicyclic) bond motifs is 1. The van der Waals surface area contributed by atoms with Gasteiger partial charge in [0.2, 0.25) is 5.91 Å². The summed E-state index contributed by atoms with van der Waals surface area (Å²) in [5.74, 6) is -0.416. The zero-order chi connectivity index (χ0) is 20.2. The summed E-state index contributed by atoms with van der Waals surface area (Å²) in [4.78, 5) is 23.0. The van der Waals surface area contributed by atoms with E-state index in [1.807, 2.05) is 60.8 Å². The molecule has 0 unspecified atom stereocenters. The standard InChI is InChI=1S/C24H22N4O/c1-28(16-19-14-26-22-8-4-5-9-23(22)27-19)15-17-10-12-18(13-11-17)20-6-2-3-7-21(20)24(25)29/h2-14H,15-16H2,1H3,(H2,25,29). The SMILES string of the molecule is CN(Cc1ccc(-c2ccccc2C(N)=O)cc1)Cc1cnc2ccccc2n1. The molecule has 0 radical (unpaired) electrons. The number of rotatable bonds is 6. The molecule has 3 aromatic carbocycles. The topological polar surface area (TPSA) is 72.1 Å². The molecule has 0 saturated carbocycles. The van der Waals surface area contributed by atoms with Crippen molar-refractivity contribution in [2.24, 2.45) is 5.73 Å². The second-order valence-corrected chi connectivity index (χ2v) is 7.13. The fourth-order valence-electron chi connectivity index (χ4n) is 3.46. The molecule has 1 heterocycles.